The first-order chi connectivity index (χ1) is 9.31. The Bertz CT molecular complexity index is 422. The molecule has 0 aromatic heterocycles. The standard InChI is InChI=1S/C15H21NO2S/c1-2-18-15(17)8-5-9-16-10-12-11-19-14-7-4-3-6-13(12)14/h3-4,6-7,12,16H,2,5,8-11H2,1H3. The molecule has 1 aromatic rings. The predicted octanol–water partition coefficient (Wildman–Crippen LogP) is 2.81. The topological polar surface area (TPSA) is 38.3 Å². The van der Waals surface area contributed by atoms with E-state index in [0.717, 1.165) is 25.3 Å². The van der Waals surface area contributed by atoms with Gasteiger partial charge in [0.05, 0.1) is 6.61 Å². The maximum atomic E-state index is 11.2. The highest BCUT2D eigenvalue weighted by molar-refractivity contribution is 7.99. The van der Waals surface area contributed by atoms with Crippen LogP contribution in [0, 0.1) is 0 Å². The first-order valence-electron chi connectivity index (χ1n) is 6.89. The molecule has 0 fully saturated rings. The van der Waals surface area contributed by atoms with Crippen molar-refractivity contribution in [1.82, 2.24) is 5.32 Å². The molecular formula is C15H21NO2S. The molecule has 0 spiro atoms. The van der Waals surface area contributed by atoms with Crippen LogP contribution in [0.5, 0.6) is 0 Å². The molecule has 1 aliphatic heterocycles. The molecule has 0 bridgehead atoms. The summed E-state index contributed by atoms with van der Waals surface area (Å²) in [7, 11) is 0. The van der Waals surface area contributed by atoms with Gasteiger partial charge in [0.1, 0.15) is 0 Å². The highest BCUT2D eigenvalue weighted by atomic mass is 32.2. The van der Waals surface area contributed by atoms with Gasteiger partial charge in [0.15, 0.2) is 0 Å². The molecule has 0 amide bonds. The Kier molecular flexibility index (Phi) is 5.73. The van der Waals surface area contributed by atoms with Crippen molar-refractivity contribution in [2.24, 2.45) is 0 Å². The molecule has 19 heavy (non-hydrogen) atoms. The Morgan fingerprint density at radius 3 is 3.16 bits per heavy atom. The van der Waals surface area contributed by atoms with Crippen molar-refractivity contribution in [3.63, 3.8) is 0 Å². The summed E-state index contributed by atoms with van der Waals surface area (Å²) >= 11 is 1.94. The minimum atomic E-state index is -0.0916. The zero-order chi connectivity index (χ0) is 13.5. The molecule has 2 rings (SSSR count). The number of rotatable bonds is 7. The number of carbonyl (C=O) groups excluding carboxylic acids is 1. The fraction of sp³-hybridized carbons (Fsp3) is 0.533. The van der Waals surface area contributed by atoms with E-state index in [0.29, 0.717) is 18.9 Å². The smallest absolute Gasteiger partial charge is 0.305 e. The van der Waals surface area contributed by atoms with Gasteiger partial charge in [0.25, 0.3) is 0 Å². The van der Waals surface area contributed by atoms with Crippen LogP contribution >= 0.6 is 11.8 Å². The quantitative estimate of drug-likeness (QED) is 0.615. The highest BCUT2D eigenvalue weighted by Crippen LogP contribution is 2.38. The maximum absolute atomic E-state index is 11.2. The van der Waals surface area contributed by atoms with Gasteiger partial charge in [0, 0.05) is 29.5 Å². The summed E-state index contributed by atoms with van der Waals surface area (Å²) in [6, 6.07) is 8.63. The van der Waals surface area contributed by atoms with Gasteiger partial charge in [-0.15, -0.1) is 11.8 Å². The van der Waals surface area contributed by atoms with Crippen LogP contribution in [0.3, 0.4) is 0 Å². The van der Waals surface area contributed by atoms with Crippen LogP contribution < -0.4 is 5.32 Å². The van der Waals surface area contributed by atoms with Crippen molar-refractivity contribution in [2.75, 3.05) is 25.4 Å². The largest absolute Gasteiger partial charge is 0.466 e. The number of fused-ring (bicyclic) bond motifs is 1. The van der Waals surface area contributed by atoms with Crippen LogP contribution in [-0.4, -0.2) is 31.4 Å². The minimum absolute atomic E-state index is 0.0916. The fourth-order valence-corrected chi connectivity index (χ4v) is 3.52. The molecule has 1 atom stereocenters. The Morgan fingerprint density at radius 2 is 2.32 bits per heavy atom. The molecular weight excluding hydrogens is 258 g/mol. The average molecular weight is 279 g/mol. The van der Waals surface area contributed by atoms with E-state index in [1.54, 1.807) is 0 Å². The first-order valence-corrected chi connectivity index (χ1v) is 7.88. The van der Waals surface area contributed by atoms with Gasteiger partial charge in [0.2, 0.25) is 0 Å². The van der Waals surface area contributed by atoms with Crippen molar-refractivity contribution >= 4 is 17.7 Å². The van der Waals surface area contributed by atoms with E-state index in [1.165, 1.54) is 10.5 Å². The lowest BCUT2D eigenvalue weighted by Crippen LogP contribution is -2.23. The van der Waals surface area contributed by atoms with E-state index >= 15 is 0 Å². The Labute approximate surface area is 119 Å². The summed E-state index contributed by atoms with van der Waals surface area (Å²) in [5.41, 5.74) is 1.46. The Morgan fingerprint density at radius 1 is 1.47 bits per heavy atom. The third-order valence-corrected chi connectivity index (χ3v) is 4.48. The molecule has 4 heteroatoms. The van der Waals surface area contributed by atoms with Crippen molar-refractivity contribution in [1.29, 1.82) is 0 Å². The minimum Gasteiger partial charge on any atom is -0.466 e. The van der Waals surface area contributed by atoms with Crippen LogP contribution in [0.1, 0.15) is 31.2 Å². The van der Waals surface area contributed by atoms with Gasteiger partial charge in [-0.3, -0.25) is 4.79 Å². The number of hydrogen-bond donors (Lipinski definition) is 1. The van der Waals surface area contributed by atoms with Crippen molar-refractivity contribution in [2.45, 2.75) is 30.6 Å². The second kappa shape index (κ2) is 7.56. The van der Waals surface area contributed by atoms with E-state index in [4.69, 9.17) is 4.74 Å². The van der Waals surface area contributed by atoms with E-state index in [9.17, 15) is 4.79 Å². The summed E-state index contributed by atoms with van der Waals surface area (Å²) in [6.45, 7) is 4.18. The first kappa shape index (κ1) is 14.4. The lowest BCUT2D eigenvalue weighted by Gasteiger charge is -2.11. The van der Waals surface area contributed by atoms with E-state index in [2.05, 4.69) is 29.6 Å². The summed E-state index contributed by atoms with van der Waals surface area (Å²) in [4.78, 5) is 12.6. The molecule has 3 nitrogen and oxygen atoms in total. The lowest BCUT2D eigenvalue weighted by molar-refractivity contribution is -0.143. The molecule has 0 saturated carbocycles. The Hall–Kier alpha value is -1.00. The third kappa shape index (κ3) is 4.25. The van der Waals surface area contributed by atoms with Gasteiger partial charge in [-0.25, -0.2) is 0 Å². The van der Waals surface area contributed by atoms with Crippen LogP contribution in [-0.2, 0) is 9.53 Å². The molecule has 1 aromatic carbocycles. The molecule has 0 saturated heterocycles. The zero-order valence-electron chi connectivity index (χ0n) is 11.4. The van der Waals surface area contributed by atoms with Crippen molar-refractivity contribution in [3.8, 4) is 0 Å². The summed E-state index contributed by atoms with van der Waals surface area (Å²) in [6.07, 6.45) is 1.36. The van der Waals surface area contributed by atoms with E-state index in [1.807, 2.05) is 18.7 Å². The second-order valence-corrected chi connectivity index (χ2v) is 5.72. The monoisotopic (exact) mass is 279 g/mol. The lowest BCUT2D eigenvalue weighted by atomic mass is 10.0. The number of nitrogens with one attached hydrogen (secondary N) is 1. The average Bonchev–Trinajstić information content (AvgIpc) is 2.82. The Balaban J connectivity index is 1.64. The van der Waals surface area contributed by atoms with E-state index in [-0.39, 0.29) is 5.97 Å². The number of ether oxygens (including phenoxy) is 1. The van der Waals surface area contributed by atoms with Crippen LogP contribution in [0.2, 0.25) is 0 Å². The molecule has 1 unspecified atom stereocenters. The number of hydrogen-bond acceptors (Lipinski definition) is 4. The second-order valence-electron chi connectivity index (χ2n) is 4.66. The third-order valence-electron chi connectivity index (χ3n) is 3.23. The van der Waals surface area contributed by atoms with Gasteiger partial charge in [-0.05, 0) is 31.5 Å². The van der Waals surface area contributed by atoms with Crippen molar-refractivity contribution in [3.05, 3.63) is 29.8 Å². The highest BCUT2D eigenvalue weighted by Gasteiger charge is 2.21. The molecule has 1 heterocycles. The summed E-state index contributed by atoms with van der Waals surface area (Å²) in [5.74, 6) is 1.67. The van der Waals surface area contributed by atoms with Crippen molar-refractivity contribution < 1.29 is 9.53 Å². The van der Waals surface area contributed by atoms with Gasteiger partial charge in [-0.1, -0.05) is 18.2 Å². The molecule has 0 aliphatic carbocycles. The normalized spacial score (nSPS) is 17.2. The van der Waals surface area contributed by atoms with Gasteiger partial charge < -0.3 is 10.1 Å². The maximum Gasteiger partial charge on any atom is 0.305 e. The van der Waals surface area contributed by atoms with Crippen LogP contribution in [0.15, 0.2) is 29.2 Å². The molecule has 104 valence electrons. The number of carbonyl (C=O) groups is 1. The molecule has 1 N–H and O–H groups in total. The summed E-state index contributed by atoms with van der Waals surface area (Å²) < 4.78 is 4.90. The zero-order valence-corrected chi connectivity index (χ0v) is 12.2. The molecule has 1 aliphatic rings. The van der Waals surface area contributed by atoms with Crippen LogP contribution in [0.4, 0.5) is 0 Å². The van der Waals surface area contributed by atoms with Gasteiger partial charge >= 0.3 is 5.97 Å². The number of esters is 1. The predicted molar refractivity (Wildman–Crippen MR) is 78.6 cm³/mol. The van der Waals surface area contributed by atoms with Crippen LogP contribution in [0.25, 0.3) is 0 Å². The fourth-order valence-electron chi connectivity index (χ4n) is 2.27. The molecule has 0 radical (unpaired) electrons. The van der Waals surface area contributed by atoms with Gasteiger partial charge in [-0.2, -0.15) is 0 Å². The SMILES string of the molecule is CCOC(=O)CCCNCC1CSc2ccccc21. The van der Waals surface area contributed by atoms with E-state index < -0.39 is 0 Å². The number of thioether (sulfide) groups is 1. The summed E-state index contributed by atoms with van der Waals surface area (Å²) in [5, 5.41) is 3.44. The number of benzene rings is 1.